The van der Waals surface area contributed by atoms with Gasteiger partial charge >= 0.3 is 0 Å². The van der Waals surface area contributed by atoms with Gasteiger partial charge in [-0.3, -0.25) is 24.0 Å². The molecule has 0 radical (unpaired) electrons. The van der Waals surface area contributed by atoms with Crippen molar-refractivity contribution in [1.29, 1.82) is 0 Å². The van der Waals surface area contributed by atoms with Crippen LogP contribution in [0.5, 0.6) is 0 Å². The average Bonchev–Trinajstić information content (AvgIpc) is 3.55. The van der Waals surface area contributed by atoms with Crippen LogP contribution in [-0.2, 0) is 20.8 Å². The first-order chi connectivity index (χ1) is 21.6. The Bertz CT molecular complexity index is 1380. The van der Waals surface area contributed by atoms with Crippen molar-refractivity contribution >= 4 is 35.2 Å². The van der Waals surface area contributed by atoms with E-state index in [9.17, 15) is 24.0 Å². The van der Waals surface area contributed by atoms with Crippen LogP contribution in [0.25, 0.3) is 0 Å². The first-order valence-electron chi connectivity index (χ1n) is 15.5. The van der Waals surface area contributed by atoms with Gasteiger partial charge in [0.25, 0.3) is 11.8 Å². The van der Waals surface area contributed by atoms with E-state index in [1.54, 1.807) is 17.9 Å². The molecule has 2 atom stereocenters. The SMILES string of the molecule is CCC(=O)N[C@H](Cc1ccc(NC(=O)[C@@H](NC(=O)c2cnc(C(=O)NC)[nH]2)C2CCCCC2)c(F)c1)C(=O)N1CCN(C)CC1. The smallest absolute Gasteiger partial charge is 0.286 e. The number of anilines is 1. The van der Waals surface area contributed by atoms with Gasteiger partial charge in [-0.2, -0.15) is 0 Å². The normalized spacial score (nSPS) is 17.2. The van der Waals surface area contributed by atoms with Gasteiger partial charge in [0.2, 0.25) is 17.7 Å². The first kappa shape index (κ1) is 33.6. The number of likely N-dealkylation sites (N-methyl/N-ethyl adjacent to an activating group) is 1. The number of rotatable bonds is 11. The summed E-state index contributed by atoms with van der Waals surface area (Å²) in [5.41, 5.74) is 0.438. The lowest BCUT2D eigenvalue weighted by Gasteiger charge is -2.34. The minimum absolute atomic E-state index is 0.0218. The number of nitrogens with one attached hydrogen (secondary N) is 5. The Morgan fingerprint density at radius 1 is 1.02 bits per heavy atom. The van der Waals surface area contributed by atoms with Crippen LogP contribution >= 0.6 is 0 Å². The molecule has 0 spiro atoms. The van der Waals surface area contributed by atoms with Gasteiger partial charge in [-0.15, -0.1) is 0 Å². The third-order valence-electron chi connectivity index (χ3n) is 8.45. The number of carbonyl (C=O) groups excluding carboxylic acids is 5. The second-order valence-corrected chi connectivity index (χ2v) is 11.7. The van der Waals surface area contributed by atoms with E-state index in [1.165, 1.54) is 25.4 Å². The van der Waals surface area contributed by atoms with E-state index in [0.29, 0.717) is 18.7 Å². The molecule has 2 heterocycles. The molecule has 14 heteroatoms. The highest BCUT2D eigenvalue weighted by Gasteiger charge is 2.33. The highest BCUT2D eigenvalue weighted by molar-refractivity contribution is 6.01. The van der Waals surface area contributed by atoms with Gasteiger partial charge < -0.3 is 36.1 Å². The fraction of sp³-hybridized carbons (Fsp3) is 0.548. The van der Waals surface area contributed by atoms with E-state index in [-0.39, 0.29) is 47.8 Å². The monoisotopic (exact) mass is 626 g/mol. The maximum Gasteiger partial charge on any atom is 0.286 e. The zero-order valence-electron chi connectivity index (χ0n) is 26.1. The summed E-state index contributed by atoms with van der Waals surface area (Å²) in [5.74, 6) is -3.05. The standard InChI is InChI=1S/C31H43FN8O5/c1-4-25(41)35-23(31(45)40-14-12-39(3)13-15-40)17-19-10-11-22(21(32)16-19)37-29(43)26(20-8-6-5-7-9-20)38-28(42)24-18-34-27(36-24)30(44)33-2/h10-11,16,18,20,23,26H,4-9,12-15,17H2,1-3H3,(H,33,44)(H,34,36)(H,35,41)(H,37,43)(H,38,42)/t23-,26+/m1/s1. The summed E-state index contributed by atoms with van der Waals surface area (Å²) >= 11 is 0. The van der Waals surface area contributed by atoms with Crippen molar-refractivity contribution < 1.29 is 28.4 Å². The number of benzene rings is 1. The van der Waals surface area contributed by atoms with Gasteiger partial charge in [-0.25, -0.2) is 9.37 Å². The molecule has 13 nitrogen and oxygen atoms in total. The van der Waals surface area contributed by atoms with Crippen LogP contribution in [0.3, 0.4) is 0 Å². The number of imidazole rings is 1. The molecule has 45 heavy (non-hydrogen) atoms. The molecule has 1 saturated carbocycles. The van der Waals surface area contributed by atoms with Gasteiger partial charge in [0.15, 0.2) is 5.82 Å². The summed E-state index contributed by atoms with van der Waals surface area (Å²) in [6.07, 6.45) is 5.80. The summed E-state index contributed by atoms with van der Waals surface area (Å²) in [5, 5.41) is 10.6. The van der Waals surface area contributed by atoms with Gasteiger partial charge in [0.05, 0.1) is 11.9 Å². The maximum atomic E-state index is 15.4. The largest absolute Gasteiger partial charge is 0.352 e. The van der Waals surface area contributed by atoms with Crippen molar-refractivity contribution in [2.45, 2.75) is 64.0 Å². The fourth-order valence-electron chi connectivity index (χ4n) is 5.73. The Morgan fingerprint density at radius 3 is 2.38 bits per heavy atom. The van der Waals surface area contributed by atoms with Crippen molar-refractivity contribution in [1.82, 2.24) is 35.7 Å². The quantitative estimate of drug-likeness (QED) is 0.251. The molecule has 0 bridgehead atoms. The number of aromatic amines is 1. The number of piperazine rings is 1. The number of carbonyl (C=O) groups is 5. The number of halogens is 1. The first-order valence-corrected chi connectivity index (χ1v) is 15.5. The van der Waals surface area contributed by atoms with Crippen LogP contribution in [0.2, 0.25) is 0 Å². The predicted molar refractivity (Wildman–Crippen MR) is 165 cm³/mol. The molecule has 1 saturated heterocycles. The fourth-order valence-corrected chi connectivity index (χ4v) is 5.73. The molecule has 244 valence electrons. The Kier molecular flexibility index (Phi) is 11.6. The molecule has 5 amide bonds. The predicted octanol–water partition coefficient (Wildman–Crippen LogP) is 1.44. The average molecular weight is 627 g/mol. The summed E-state index contributed by atoms with van der Waals surface area (Å²) in [6.45, 7) is 4.24. The highest BCUT2D eigenvalue weighted by Crippen LogP contribution is 2.28. The Labute approximate surface area is 262 Å². The lowest BCUT2D eigenvalue weighted by atomic mass is 9.83. The molecular weight excluding hydrogens is 583 g/mol. The van der Waals surface area contributed by atoms with Crippen LogP contribution in [0, 0.1) is 11.7 Å². The zero-order chi connectivity index (χ0) is 32.5. The third-order valence-corrected chi connectivity index (χ3v) is 8.45. The Balaban J connectivity index is 1.47. The number of H-pyrrole nitrogens is 1. The molecule has 5 N–H and O–H groups in total. The van der Waals surface area contributed by atoms with Crippen molar-refractivity contribution in [2.24, 2.45) is 5.92 Å². The molecule has 2 aromatic rings. The van der Waals surface area contributed by atoms with Crippen LogP contribution in [0.4, 0.5) is 10.1 Å². The van der Waals surface area contributed by atoms with Crippen LogP contribution < -0.4 is 21.3 Å². The minimum Gasteiger partial charge on any atom is -0.352 e. The van der Waals surface area contributed by atoms with Gasteiger partial charge in [0, 0.05) is 46.1 Å². The molecular formula is C31H43FN8O5. The second kappa shape index (κ2) is 15.6. The van der Waals surface area contributed by atoms with E-state index >= 15 is 4.39 Å². The molecule has 1 aromatic carbocycles. The third kappa shape index (κ3) is 8.87. The molecule has 1 aromatic heterocycles. The summed E-state index contributed by atoms with van der Waals surface area (Å²) in [6, 6.07) is 2.49. The van der Waals surface area contributed by atoms with Crippen LogP contribution in [0.1, 0.15) is 72.1 Å². The number of aromatic nitrogens is 2. The summed E-state index contributed by atoms with van der Waals surface area (Å²) in [7, 11) is 3.42. The number of nitrogens with zero attached hydrogens (tertiary/aromatic N) is 3. The minimum atomic E-state index is -0.946. The molecule has 4 rings (SSSR count). The van der Waals surface area contributed by atoms with Gasteiger partial charge in [0.1, 0.15) is 23.6 Å². The van der Waals surface area contributed by atoms with E-state index in [0.717, 1.165) is 45.2 Å². The van der Waals surface area contributed by atoms with Crippen molar-refractivity contribution in [3.8, 4) is 0 Å². The summed E-state index contributed by atoms with van der Waals surface area (Å²) < 4.78 is 15.4. The van der Waals surface area contributed by atoms with Gasteiger partial charge in [-0.1, -0.05) is 32.3 Å². The second-order valence-electron chi connectivity index (χ2n) is 11.7. The summed E-state index contributed by atoms with van der Waals surface area (Å²) in [4.78, 5) is 74.4. The van der Waals surface area contributed by atoms with Crippen molar-refractivity contribution in [3.63, 3.8) is 0 Å². The number of hydrogen-bond donors (Lipinski definition) is 5. The van der Waals surface area contributed by atoms with E-state index in [1.807, 2.05) is 7.05 Å². The number of amides is 5. The Morgan fingerprint density at radius 2 is 1.73 bits per heavy atom. The van der Waals surface area contributed by atoms with E-state index in [2.05, 4.69) is 36.1 Å². The van der Waals surface area contributed by atoms with Crippen molar-refractivity contribution in [2.75, 3.05) is 45.6 Å². The van der Waals surface area contributed by atoms with E-state index in [4.69, 9.17) is 0 Å². The molecule has 2 aliphatic rings. The van der Waals surface area contributed by atoms with E-state index < -0.39 is 35.6 Å². The highest BCUT2D eigenvalue weighted by atomic mass is 19.1. The molecule has 2 fully saturated rings. The lowest BCUT2D eigenvalue weighted by molar-refractivity contribution is -0.137. The van der Waals surface area contributed by atoms with Crippen molar-refractivity contribution in [3.05, 3.63) is 47.3 Å². The molecule has 1 aliphatic carbocycles. The zero-order valence-corrected chi connectivity index (χ0v) is 26.1. The Hall–Kier alpha value is -4.33. The van der Waals surface area contributed by atoms with Gasteiger partial charge in [-0.05, 0) is 43.5 Å². The van der Waals surface area contributed by atoms with Crippen LogP contribution in [-0.4, -0.2) is 102 Å². The number of hydrogen-bond acceptors (Lipinski definition) is 7. The topological polar surface area (TPSA) is 169 Å². The molecule has 0 unspecified atom stereocenters. The maximum absolute atomic E-state index is 15.4. The van der Waals surface area contributed by atoms with Crippen LogP contribution in [0.15, 0.2) is 24.4 Å². The molecule has 1 aliphatic heterocycles. The lowest BCUT2D eigenvalue weighted by Crippen LogP contribution is -2.54.